The normalized spacial score (nSPS) is 12.7. The Morgan fingerprint density at radius 2 is 1.81 bits per heavy atom. The standard InChI is InChI=1S/C20H22FNO5/c1-13(27-17-9-7-16(21)8-10-17)19(23)22-12-15(20(24)25)11-14-5-3-4-6-18(14)26-2/h3-10,13,15H,11-12H2,1-2H3,(H,22,23)(H,24,25). The van der Waals surface area contributed by atoms with Crippen LogP contribution in [0.4, 0.5) is 4.39 Å². The van der Waals surface area contributed by atoms with E-state index in [0.717, 1.165) is 5.56 Å². The molecule has 2 N–H and O–H groups in total. The van der Waals surface area contributed by atoms with Crippen LogP contribution in [-0.4, -0.2) is 36.7 Å². The lowest BCUT2D eigenvalue weighted by atomic mass is 9.98. The summed E-state index contributed by atoms with van der Waals surface area (Å²) in [6.45, 7) is 1.48. The Bertz CT molecular complexity index is 778. The summed E-state index contributed by atoms with van der Waals surface area (Å²) in [6.07, 6.45) is -0.636. The minimum Gasteiger partial charge on any atom is -0.496 e. The molecule has 2 aromatic rings. The second-order valence-corrected chi connectivity index (χ2v) is 6.01. The topological polar surface area (TPSA) is 84.9 Å². The zero-order valence-electron chi connectivity index (χ0n) is 15.1. The molecule has 0 heterocycles. The van der Waals surface area contributed by atoms with Crippen molar-refractivity contribution in [2.45, 2.75) is 19.4 Å². The zero-order valence-corrected chi connectivity index (χ0v) is 15.1. The molecule has 2 rings (SSSR count). The summed E-state index contributed by atoms with van der Waals surface area (Å²) in [5.41, 5.74) is 0.747. The van der Waals surface area contributed by atoms with Gasteiger partial charge in [0.15, 0.2) is 6.10 Å². The van der Waals surface area contributed by atoms with Gasteiger partial charge in [0.25, 0.3) is 5.91 Å². The average Bonchev–Trinajstić information content (AvgIpc) is 2.66. The predicted molar refractivity (Wildman–Crippen MR) is 97.3 cm³/mol. The largest absolute Gasteiger partial charge is 0.496 e. The first-order valence-electron chi connectivity index (χ1n) is 8.45. The minimum atomic E-state index is -1.02. The van der Waals surface area contributed by atoms with Crippen LogP contribution in [0.15, 0.2) is 48.5 Å². The first-order valence-corrected chi connectivity index (χ1v) is 8.45. The molecule has 0 spiro atoms. The van der Waals surface area contributed by atoms with Crippen molar-refractivity contribution in [1.82, 2.24) is 5.32 Å². The smallest absolute Gasteiger partial charge is 0.308 e. The van der Waals surface area contributed by atoms with Crippen LogP contribution in [0.2, 0.25) is 0 Å². The number of hydrogen-bond donors (Lipinski definition) is 2. The number of carbonyl (C=O) groups excluding carboxylic acids is 1. The van der Waals surface area contributed by atoms with Crippen molar-refractivity contribution in [2.24, 2.45) is 5.92 Å². The number of hydrogen-bond acceptors (Lipinski definition) is 4. The molecule has 0 aromatic heterocycles. The van der Waals surface area contributed by atoms with E-state index in [1.54, 1.807) is 24.3 Å². The number of benzene rings is 2. The van der Waals surface area contributed by atoms with E-state index in [0.29, 0.717) is 11.5 Å². The molecule has 6 nitrogen and oxygen atoms in total. The summed E-state index contributed by atoms with van der Waals surface area (Å²) in [7, 11) is 1.52. The molecule has 7 heteroatoms. The van der Waals surface area contributed by atoms with Crippen molar-refractivity contribution >= 4 is 11.9 Å². The lowest BCUT2D eigenvalue weighted by Gasteiger charge is -2.18. The molecule has 2 unspecified atom stereocenters. The van der Waals surface area contributed by atoms with E-state index in [-0.39, 0.29) is 13.0 Å². The van der Waals surface area contributed by atoms with E-state index < -0.39 is 29.7 Å². The number of methoxy groups -OCH3 is 1. The fourth-order valence-corrected chi connectivity index (χ4v) is 2.52. The number of carboxylic acids is 1. The van der Waals surface area contributed by atoms with Crippen LogP contribution in [-0.2, 0) is 16.0 Å². The van der Waals surface area contributed by atoms with E-state index in [4.69, 9.17) is 9.47 Å². The van der Waals surface area contributed by atoms with Gasteiger partial charge < -0.3 is 19.9 Å². The Morgan fingerprint density at radius 3 is 2.44 bits per heavy atom. The second-order valence-electron chi connectivity index (χ2n) is 6.01. The Labute approximate surface area is 156 Å². The third-order valence-electron chi connectivity index (χ3n) is 4.03. The Kier molecular flexibility index (Phi) is 7.16. The van der Waals surface area contributed by atoms with E-state index in [1.165, 1.54) is 38.3 Å². The van der Waals surface area contributed by atoms with Crippen molar-refractivity contribution < 1.29 is 28.6 Å². The third-order valence-corrected chi connectivity index (χ3v) is 4.03. The Hall–Kier alpha value is -3.09. The van der Waals surface area contributed by atoms with Gasteiger partial charge in [-0.2, -0.15) is 0 Å². The molecule has 27 heavy (non-hydrogen) atoms. The Morgan fingerprint density at radius 1 is 1.15 bits per heavy atom. The molecule has 0 fully saturated rings. The zero-order chi connectivity index (χ0) is 19.8. The maximum atomic E-state index is 12.9. The summed E-state index contributed by atoms with van der Waals surface area (Å²) >= 11 is 0. The van der Waals surface area contributed by atoms with Crippen molar-refractivity contribution in [3.8, 4) is 11.5 Å². The van der Waals surface area contributed by atoms with Gasteiger partial charge in [-0.05, 0) is 49.2 Å². The van der Waals surface area contributed by atoms with Crippen molar-refractivity contribution in [3.05, 3.63) is 59.9 Å². The van der Waals surface area contributed by atoms with Crippen LogP contribution in [0.5, 0.6) is 11.5 Å². The number of ether oxygens (including phenoxy) is 2. The van der Waals surface area contributed by atoms with E-state index in [2.05, 4.69) is 5.32 Å². The van der Waals surface area contributed by atoms with E-state index in [9.17, 15) is 19.1 Å². The van der Waals surface area contributed by atoms with Gasteiger partial charge in [0, 0.05) is 6.54 Å². The van der Waals surface area contributed by atoms with Crippen LogP contribution in [0.3, 0.4) is 0 Å². The van der Waals surface area contributed by atoms with Crippen LogP contribution in [0, 0.1) is 11.7 Å². The van der Waals surface area contributed by atoms with Crippen molar-refractivity contribution in [2.75, 3.05) is 13.7 Å². The summed E-state index contributed by atoms with van der Waals surface area (Å²) in [5.74, 6) is -1.74. The van der Waals surface area contributed by atoms with Crippen LogP contribution in [0.1, 0.15) is 12.5 Å². The molecule has 144 valence electrons. The first-order chi connectivity index (χ1) is 12.9. The highest BCUT2D eigenvalue weighted by molar-refractivity contribution is 5.81. The van der Waals surface area contributed by atoms with Crippen molar-refractivity contribution in [1.29, 1.82) is 0 Å². The van der Waals surface area contributed by atoms with Gasteiger partial charge >= 0.3 is 5.97 Å². The number of aliphatic carboxylic acids is 1. The quantitative estimate of drug-likeness (QED) is 0.704. The highest BCUT2D eigenvalue weighted by Gasteiger charge is 2.22. The van der Waals surface area contributed by atoms with Gasteiger partial charge in [-0.1, -0.05) is 18.2 Å². The van der Waals surface area contributed by atoms with Gasteiger partial charge in [0.2, 0.25) is 0 Å². The van der Waals surface area contributed by atoms with E-state index in [1.807, 2.05) is 0 Å². The molecule has 0 saturated carbocycles. The SMILES string of the molecule is COc1ccccc1CC(CNC(=O)C(C)Oc1ccc(F)cc1)C(=O)O. The molecular formula is C20H22FNO5. The van der Waals surface area contributed by atoms with E-state index >= 15 is 0 Å². The molecule has 0 aliphatic heterocycles. The molecule has 0 bridgehead atoms. The third kappa shape index (κ3) is 5.99. The monoisotopic (exact) mass is 375 g/mol. The highest BCUT2D eigenvalue weighted by Crippen LogP contribution is 2.21. The van der Waals surface area contributed by atoms with Crippen LogP contribution in [0.25, 0.3) is 0 Å². The predicted octanol–water partition coefficient (Wildman–Crippen LogP) is 2.66. The first kappa shape index (κ1) is 20.2. The van der Waals surface area contributed by atoms with Gasteiger partial charge in [-0.3, -0.25) is 9.59 Å². The molecule has 2 aromatic carbocycles. The number of carboxylic acid groups (broad SMARTS) is 1. The summed E-state index contributed by atoms with van der Waals surface area (Å²) in [6, 6.07) is 12.4. The lowest BCUT2D eigenvalue weighted by molar-refractivity contribution is -0.141. The number of halogens is 1. The number of carbonyl (C=O) groups is 2. The fourth-order valence-electron chi connectivity index (χ4n) is 2.52. The molecule has 0 saturated heterocycles. The fraction of sp³-hybridized carbons (Fsp3) is 0.300. The second kappa shape index (κ2) is 9.56. The lowest BCUT2D eigenvalue weighted by Crippen LogP contribution is -2.41. The van der Waals surface area contributed by atoms with Gasteiger partial charge in [-0.25, -0.2) is 4.39 Å². The Balaban J connectivity index is 1.93. The molecule has 0 aliphatic carbocycles. The number of amides is 1. The number of para-hydroxylation sites is 1. The van der Waals surface area contributed by atoms with Crippen LogP contribution < -0.4 is 14.8 Å². The highest BCUT2D eigenvalue weighted by atomic mass is 19.1. The summed E-state index contributed by atoms with van der Waals surface area (Å²) in [5, 5.41) is 12.0. The molecular weight excluding hydrogens is 353 g/mol. The van der Waals surface area contributed by atoms with Gasteiger partial charge in [-0.15, -0.1) is 0 Å². The number of nitrogens with one attached hydrogen (secondary N) is 1. The van der Waals surface area contributed by atoms with Gasteiger partial charge in [0.1, 0.15) is 17.3 Å². The maximum Gasteiger partial charge on any atom is 0.308 e. The average molecular weight is 375 g/mol. The summed E-state index contributed by atoms with van der Waals surface area (Å²) in [4.78, 5) is 23.7. The van der Waals surface area contributed by atoms with Crippen LogP contribution >= 0.6 is 0 Å². The number of rotatable bonds is 9. The molecule has 2 atom stereocenters. The minimum absolute atomic E-state index is 0.0522. The molecule has 0 aliphatic rings. The maximum absolute atomic E-state index is 12.9. The summed E-state index contributed by atoms with van der Waals surface area (Å²) < 4.78 is 23.6. The van der Waals surface area contributed by atoms with Gasteiger partial charge in [0.05, 0.1) is 13.0 Å². The molecule has 0 radical (unpaired) electrons. The van der Waals surface area contributed by atoms with Crippen molar-refractivity contribution in [3.63, 3.8) is 0 Å². The molecule has 1 amide bonds.